The zero-order valence-electron chi connectivity index (χ0n) is 22.4. The minimum Gasteiger partial charge on any atom is -0.493 e. The van der Waals surface area contributed by atoms with Crippen molar-refractivity contribution < 1.29 is 29.0 Å². The van der Waals surface area contributed by atoms with Crippen molar-refractivity contribution in [3.63, 3.8) is 0 Å². The van der Waals surface area contributed by atoms with Gasteiger partial charge in [-0.15, -0.1) is 0 Å². The maximum absolute atomic E-state index is 11.9. The lowest BCUT2D eigenvalue weighted by atomic mass is 9.88. The molecule has 39 heavy (non-hydrogen) atoms. The number of likely N-dealkylation sites (tertiary alicyclic amines) is 1. The standard InChI is InChI=1S/C30H37ClN2O6/c1-38-27-17-22(7-12-26(27)39-16-15-33-28(34)13-14-29(33)35)20-32(19-21-5-3-2-4-6-21)25(18-30(36)37)23-8-10-24(31)11-9-23/h7-12,17,21,25H,2-6,13-16,18-20H2,1H3,(H,36,37). The first-order chi connectivity index (χ1) is 18.8. The highest BCUT2D eigenvalue weighted by molar-refractivity contribution is 6.30. The molecule has 4 rings (SSSR count). The molecule has 1 saturated carbocycles. The summed E-state index contributed by atoms with van der Waals surface area (Å²) in [4.78, 5) is 39.2. The number of ether oxygens (including phenoxy) is 2. The Labute approximate surface area is 234 Å². The second-order valence-electron chi connectivity index (χ2n) is 10.4. The summed E-state index contributed by atoms with van der Waals surface area (Å²) >= 11 is 6.13. The molecule has 1 aliphatic heterocycles. The van der Waals surface area contributed by atoms with E-state index in [1.54, 1.807) is 7.11 Å². The molecule has 2 fully saturated rings. The van der Waals surface area contributed by atoms with Crippen molar-refractivity contribution in [3.8, 4) is 11.5 Å². The fraction of sp³-hybridized carbons (Fsp3) is 0.500. The maximum atomic E-state index is 11.9. The number of carboxylic acids is 1. The number of hydrogen-bond donors (Lipinski definition) is 1. The van der Waals surface area contributed by atoms with Gasteiger partial charge < -0.3 is 14.6 Å². The molecule has 1 heterocycles. The molecular weight excluding hydrogens is 520 g/mol. The molecule has 1 atom stereocenters. The number of rotatable bonds is 13. The Morgan fingerprint density at radius 3 is 2.38 bits per heavy atom. The average Bonchev–Trinajstić information content (AvgIpc) is 3.25. The summed E-state index contributed by atoms with van der Waals surface area (Å²) in [5.41, 5.74) is 1.90. The molecule has 1 saturated heterocycles. The zero-order valence-corrected chi connectivity index (χ0v) is 23.2. The fourth-order valence-electron chi connectivity index (χ4n) is 5.59. The number of methoxy groups -OCH3 is 1. The number of aliphatic carboxylic acids is 1. The van der Waals surface area contributed by atoms with Crippen LogP contribution in [0.25, 0.3) is 0 Å². The Balaban J connectivity index is 1.52. The van der Waals surface area contributed by atoms with Crippen LogP contribution in [0.2, 0.25) is 5.02 Å². The number of carbonyl (C=O) groups is 3. The molecule has 0 radical (unpaired) electrons. The molecule has 0 bridgehead atoms. The van der Waals surface area contributed by atoms with Gasteiger partial charge in [0.1, 0.15) is 6.61 Å². The Bertz CT molecular complexity index is 1130. The number of nitrogens with zero attached hydrogens (tertiary/aromatic N) is 2. The third-order valence-corrected chi connectivity index (χ3v) is 7.87. The lowest BCUT2D eigenvalue weighted by molar-refractivity contribution is -0.140. The first-order valence-electron chi connectivity index (χ1n) is 13.7. The largest absolute Gasteiger partial charge is 0.493 e. The van der Waals surface area contributed by atoms with E-state index in [0.717, 1.165) is 30.5 Å². The maximum Gasteiger partial charge on any atom is 0.305 e. The second kappa shape index (κ2) is 13.8. The quantitative estimate of drug-likeness (QED) is 0.327. The molecule has 1 N–H and O–H groups in total. The van der Waals surface area contributed by atoms with Gasteiger partial charge in [0.2, 0.25) is 11.8 Å². The topological polar surface area (TPSA) is 96.4 Å². The molecule has 1 unspecified atom stereocenters. The minimum absolute atomic E-state index is 0.0133. The van der Waals surface area contributed by atoms with Gasteiger partial charge in [0.25, 0.3) is 0 Å². The van der Waals surface area contributed by atoms with Crippen molar-refractivity contribution in [2.45, 2.75) is 64.0 Å². The number of hydrogen-bond acceptors (Lipinski definition) is 6. The third kappa shape index (κ3) is 7.96. The number of imide groups is 1. The van der Waals surface area contributed by atoms with Crippen LogP contribution in [-0.2, 0) is 20.9 Å². The molecule has 210 valence electrons. The Kier molecular flexibility index (Phi) is 10.2. The molecule has 8 nitrogen and oxygen atoms in total. The van der Waals surface area contributed by atoms with Crippen LogP contribution >= 0.6 is 11.6 Å². The van der Waals surface area contributed by atoms with Gasteiger partial charge in [-0.05, 0) is 54.2 Å². The molecule has 2 aromatic rings. The predicted molar refractivity (Wildman–Crippen MR) is 148 cm³/mol. The first kappa shape index (κ1) is 28.9. The van der Waals surface area contributed by atoms with Crippen LogP contribution in [0, 0.1) is 5.92 Å². The van der Waals surface area contributed by atoms with Gasteiger partial charge in [-0.25, -0.2) is 0 Å². The van der Waals surface area contributed by atoms with Crippen molar-refractivity contribution in [2.24, 2.45) is 5.92 Å². The summed E-state index contributed by atoms with van der Waals surface area (Å²) in [6.07, 6.45) is 6.46. The molecule has 0 aromatic heterocycles. The smallest absolute Gasteiger partial charge is 0.305 e. The number of benzene rings is 2. The zero-order chi connectivity index (χ0) is 27.8. The second-order valence-corrected chi connectivity index (χ2v) is 10.8. The first-order valence-corrected chi connectivity index (χ1v) is 14.1. The predicted octanol–water partition coefficient (Wildman–Crippen LogP) is 5.47. The molecular formula is C30H37ClN2O6. The number of amides is 2. The van der Waals surface area contributed by atoms with E-state index < -0.39 is 5.97 Å². The van der Waals surface area contributed by atoms with E-state index in [9.17, 15) is 19.5 Å². The van der Waals surface area contributed by atoms with E-state index in [2.05, 4.69) is 4.90 Å². The van der Waals surface area contributed by atoms with E-state index in [1.165, 1.54) is 24.2 Å². The molecule has 2 aromatic carbocycles. The summed E-state index contributed by atoms with van der Waals surface area (Å²) in [6, 6.07) is 12.8. The van der Waals surface area contributed by atoms with Crippen molar-refractivity contribution in [1.29, 1.82) is 0 Å². The van der Waals surface area contributed by atoms with Crippen molar-refractivity contribution in [1.82, 2.24) is 9.80 Å². The van der Waals surface area contributed by atoms with Gasteiger partial charge in [-0.1, -0.05) is 49.1 Å². The molecule has 2 amide bonds. The monoisotopic (exact) mass is 556 g/mol. The number of halogens is 1. The highest BCUT2D eigenvalue weighted by Crippen LogP contribution is 2.34. The molecule has 0 spiro atoms. The van der Waals surface area contributed by atoms with Crippen molar-refractivity contribution in [3.05, 3.63) is 58.6 Å². The van der Waals surface area contributed by atoms with Gasteiger partial charge in [0.05, 0.1) is 20.1 Å². The van der Waals surface area contributed by atoms with Gasteiger partial charge >= 0.3 is 5.97 Å². The summed E-state index contributed by atoms with van der Waals surface area (Å²) in [6.45, 7) is 1.73. The summed E-state index contributed by atoms with van der Waals surface area (Å²) in [5, 5.41) is 10.4. The minimum atomic E-state index is -0.847. The van der Waals surface area contributed by atoms with Crippen LogP contribution in [0.5, 0.6) is 11.5 Å². The van der Waals surface area contributed by atoms with Crippen molar-refractivity contribution in [2.75, 3.05) is 26.8 Å². The van der Waals surface area contributed by atoms with Crippen LogP contribution < -0.4 is 9.47 Å². The Morgan fingerprint density at radius 2 is 1.74 bits per heavy atom. The number of carbonyl (C=O) groups excluding carboxylic acids is 2. The van der Waals surface area contributed by atoms with Crippen molar-refractivity contribution >= 4 is 29.4 Å². The van der Waals surface area contributed by atoms with Crippen LogP contribution in [0.4, 0.5) is 0 Å². The van der Waals surface area contributed by atoms with Gasteiger partial charge in [-0.3, -0.25) is 24.2 Å². The summed E-state index contributed by atoms with van der Waals surface area (Å²) in [7, 11) is 1.57. The molecule has 2 aliphatic rings. The highest BCUT2D eigenvalue weighted by atomic mass is 35.5. The number of carboxylic acid groups (broad SMARTS) is 1. The van der Waals surface area contributed by atoms with Crippen LogP contribution in [-0.4, -0.2) is 59.5 Å². The van der Waals surface area contributed by atoms with Gasteiger partial charge in [-0.2, -0.15) is 0 Å². The normalized spacial score (nSPS) is 17.1. The molecule has 9 heteroatoms. The highest BCUT2D eigenvalue weighted by Gasteiger charge is 2.29. The van der Waals surface area contributed by atoms with Gasteiger partial charge in [0, 0.05) is 37.0 Å². The Hall–Kier alpha value is -3.10. The van der Waals surface area contributed by atoms with E-state index in [1.807, 2.05) is 42.5 Å². The van der Waals surface area contributed by atoms with Crippen LogP contribution in [0.1, 0.15) is 68.5 Å². The van der Waals surface area contributed by atoms with E-state index >= 15 is 0 Å². The lowest BCUT2D eigenvalue weighted by Gasteiger charge is -2.35. The van der Waals surface area contributed by atoms with E-state index in [4.69, 9.17) is 21.1 Å². The summed E-state index contributed by atoms with van der Waals surface area (Å²) < 4.78 is 11.5. The van der Waals surface area contributed by atoms with E-state index in [0.29, 0.717) is 29.0 Å². The SMILES string of the molecule is COc1cc(CN(CC2CCCCC2)C(CC(=O)O)c2ccc(Cl)cc2)ccc1OCCN1C(=O)CCC1=O. The molecule has 1 aliphatic carbocycles. The van der Waals surface area contributed by atoms with Crippen LogP contribution in [0.15, 0.2) is 42.5 Å². The van der Waals surface area contributed by atoms with Gasteiger partial charge in [0.15, 0.2) is 11.5 Å². The van der Waals surface area contributed by atoms with Crippen LogP contribution in [0.3, 0.4) is 0 Å². The summed E-state index contributed by atoms with van der Waals surface area (Å²) in [5.74, 6) is 0.410. The third-order valence-electron chi connectivity index (χ3n) is 7.62. The average molecular weight is 557 g/mol. The Morgan fingerprint density at radius 1 is 1.05 bits per heavy atom. The van der Waals surface area contributed by atoms with E-state index in [-0.39, 0.29) is 50.3 Å². The fourth-order valence-corrected chi connectivity index (χ4v) is 5.72. The lowest BCUT2D eigenvalue weighted by Crippen LogP contribution is -2.35.